The normalized spacial score (nSPS) is 16.7. The molecule has 0 amide bonds. The van der Waals surface area contributed by atoms with E-state index in [4.69, 9.17) is 9.47 Å². The minimum Gasteiger partial charge on any atom is -0.496 e. The van der Waals surface area contributed by atoms with Gasteiger partial charge in [-0.05, 0) is 28.1 Å². The van der Waals surface area contributed by atoms with Crippen LogP contribution in [0.15, 0.2) is 27.6 Å². The smallest absolute Gasteiger partial charge is 0.282 e. The highest BCUT2D eigenvalue weighted by atomic mass is 79.9. The lowest BCUT2D eigenvalue weighted by molar-refractivity contribution is 0.169. The van der Waals surface area contributed by atoms with Crippen LogP contribution in [0.4, 0.5) is 5.69 Å². The second-order valence-electron chi connectivity index (χ2n) is 5.53. The Bertz CT molecular complexity index is 837. The lowest BCUT2D eigenvalue weighted by Gasteiger charge is -2.35. The average molecular weight is 396 g/mol. The van der Waals surface area contributed by atoms with Crippen molar-refractivity contribution in [1.82, 2.24) is 9.78 Å². The summed E-state index contributed by atoms with van der Waals surface area (Å²) in [6, 6.07) is 3.59. The molecule has 0 spiro atoms. The van der Waals surface area contributed by atoms with Crippen molar-refractivity contribution in [3.8, 4) is 11.5 Å². The first-order chi connectivity index (χ1) is 11.5. The number of fused-ring (bicyclic) bond motifs is 1. The molecule has 0 bridgehead atoms. The third-order valence-corrected chi connectivity index (χ3v) is 4.94. The molecule has 2 aromatic rings. The predicted octanol–water partition coefficient (Wildman–Crippen LogP) is 1.61. The number of nitrogens with zero attached hydrogens (tertiary/aromatic N) is 3. The summed E-state index contributed by atoms with van der Waals surface area (Å²) >= 11 is 3.34. The monoisotopic (exact) mass is 395 g/mol. The summed E-state index contributed by atoms with van der Waals surface area (Å²) in [5.74, 6) is 1.29. The number of benzene rings is 1. The minimum absolute atomic E-state index is 0.231. The van der Waals surface area contributed by atoms with E-state index in [1.165, 1.54) is 4.68 Å². The van der Waals surface area contributed by atoms with E-state index in [0.717, 1.165) is 11.1 Å². The molecule has 0 radical (unpaired) electrons. The van der Waals surface area contributed by atoms with E-state index < -0.39 is 6.10 Å². The second-order valence-corrected chi connectivity index (χ2v) is 6.32. The van der Waals surface area contributed by atoms with Gasteiger partial charge in [0.15, 0.2) is 0 Å². The van der Waals surface area contributed by atoms with Crippen molar-refractivity contribution in [3.05, 3.63) is 44.3 Å². The number of β-amino-alcohol motifs (C(OH)–C–C–N with tert-alkyl or cyclic N) is 1. The Morgan fingerprint density at radius 3 is 2.62 bits per heavy atom. The first-order valence-corrected chi connectivity index (χ1v) is 8.15. The van der Waals surface area contributed by atoms with E-state index in [2.05, 4.69) is 21.0 Å². The Kier molecular flexibility index (Phi) is 4.51. The molecule has 0 saturated carbocycles. The zero-order valence-corrected chi connectivity index (χ0v) is 15.2. The van der Waals surface area contributed by atoms with Crippen molar-refractivity contribution >= 4 is 21.6 Å². The summed E-state index contributed by atoms with van der Waals surface area (Å²) in [6.45, 7) is 0.796. The fourth-order valence-electron chi connectivity index (χ4n) is 2.98. The molecular weight excluding hydrogens is 378 g/mol. The van der Waals surface area contributed by atoms with Crippen LogP contribution in [0, 0.1) is 0 Å². The first-order valence-electron chi connectivity index (χ1n) is 7.36. The summed E-state index contributed by atoms with van der Waals surface area (Å²) in [5, 5.41) is 14.7. The van der Waals surface area contributed by atoms with Crippen LogP contribution in [0.3, 0.4) is 0 Å². The van der Waals surface area contributed by atoms with Crippen LogP contribution < -0.4 is 19.9 Å². The molecule has 3 rings (SSSR count). The summed E-state index contributed by atoms with van der Waals surface area (Å²) in [4.78, 5) is 14.0. The molecule has 0 aliphatic carbocycles. The van der Waals surface area contributed by atoms with Crippen molar-refractivity contribution in [1.29, 1.82) is 0 Å². The lowest BCUT2D eigenvalue weighted by Crippen LogP contribution is -2.36. The third-order valence-electron chi connectivity index (χ3n) is 4.19. The van der Waals surface area contributed by atoms with Gasteiger partial charge in [-0.25, -0.2) is 4.68 Å². The Hall–Kier alpha value is -2.06. The number of hydrogen-bond donors (Lipinski definition) is 1. The SMILES string of the molecule is COc1ccc(OC)c2c1CN(c1cnn(C)c(=O)c1Br)CC2O. The van der Waals surface area contributed by atoms with Gasteiger partial charge in [-0.2, -0.15) is 5.10 Å². The van der Waals surface area contributed by atoms with Crippen molar-refractivity contribution in [2.75, 3.05) is 25.7 Å². The van der Waals surface area contributed by atoms with Gasteiger partial charge in [-0.15, -0.1) is 0 Å². The van der Waals surface area contributed by atoms with Gasteiger partial charge in [0.05, 0.1) is 26.1 Å². The van der Waals surface area contributed by atoms with Crippen LogP contribution in [-0.2, 0) is 13.6 Å². The highest BCUT2D eigenvalue weighted by Gasteiger charge is 2.31. The van der Waals surface area contributed by atoms with Gasteiger partial charge in [0, 0.05) is 31.3 Å². The topological polar surface area (TPSA) is 76.8 Å². The average Bonchev–Trinajstić information content (AvgIpc) is 2.58. The van der Waals surface area contributed by atoms with Crippen molar-refractivity contribution in [2.45, 2.75) is 12.6 Å². The van der Waals surface area contributed by atoms with Crippen LogP contribution >= 0.6 is 15.9 Å². The quantitative estimate of drug-likeness (QED) is 0.850. The first kappa shape index (κ1) is 16.8. The maximum Gasteiger partial charge on any atom is 0.282 e. The highest BCUT2D eigenvalue weighted by molar-refractivity contribution is 9.10. The van der Waals surface area contributed by atoms with Gasteiger partial charge in [0.25, 0.3) is 5.56 Å². The van der Waals surface area contributed by atoms with Crippen molar-refractivity contribution in [2.24, 2.45) is 7.05 Å². The molecule has 1 aromatic carbocycles. The number of aromatic nitrogens is 2. The lowest BCUT2D eigenvalue weighted by atomic mass is 9.95. The van der Waals surface area contributed by atoms with Gasteiger partial charge in [-0.3, -0.25) is 4.79 Å². The number of ether oxygens (including phenoxy) is 2. The Labute approximate surface area is 147 Å². The number of methoxy groups -OCH3 is 2. The van der Waals surface area contributed by atoms with Gasteiger partial charge < -0.3 is 19.5 Å². The van der Waals surface area contributed by atoms with Crippen LogP contribution in [0.5, 0.6) is 11.5 Å². The number of aliphatic hydroxyl groups excluding tert-OH is 1. The number of rotatable bonds is 3. The molecular formula is C16H18BrN3O4. The number of anilines is 1. The highest BCUT2D eigenvalue weighted by Crippen LogP contribution is 2.41. The fourth-order valence-corrected chi connectivity index (χ4v) is 3.59. The molecule has 1 unspecified atom stereocenters. The molecule has 2 heterocycles. The van der Waals surface area contributed by atoms with E-state index in [1.807, 2.05) is 11.0 Å². The number of aryl methyl sites for hydroxylation is 1. The Morgan fingerprint density at radius 1 is 1.29 bits per heavy atom. The molecule has 0 saturated heterocycles. The predicted molar refractivity (Wildman–Crippen MR) is 92.7 cm³/mol. The summed E-state index contributed by atoms with van der Waals surface area (Å²) < 4.78 is 12.5. The maximum absolute atomic E-state index is 12.1. The summed E-state index contributed by atoms with van der Waals surface area (Å²) in [5.41, 5.74) is 1.96. The van der Waals surface area contributed by atoms with Crippen molar-refractivity contribution in [3.63, 3.8) is 0 Å². The maximum atomic E-state index is 12.1. The minimum atomic E-state index is -0.769. The number of halogens is 1. The molecule has 8 heteroatoms. The van der Waals surface area contributed by atoms with E-state index in [1.54, 1.807) is 33.5 Å². The fraction of sp³-hybridized carbons (Fsp3) is 0.375. The molecule has 128 valence electrons. The zero-order chi connectivity index (χ0) is 17.4. The Balaban J connectivity index is 2.10. The molecule has 24 heavy (non-hydrogen) atoms. The van der Waals surface area contributed by atoms with Gasteiger partial charge in [0.2, 0.25) is 0 Å². The van der Waals surface area contributed by atoms with Gasteiger partial charge >= 0.3 is 0 Å². The number of aliphatic hydroxyl groups is 1. The number of hydrogen-bond acceptors (Lipinski definition) is 6. The van der Waals surface area contributed by atoms with Crippen LogP contribution in [-0.4, -0.2) is 35.7 Å². The van der Waals surface area contributed by atoms with E-state index in [0.29, 0.717) is 34.7 Å². The van der Waals surface area contributed by atoms with Crippen LogP contribution in [0.1, 0.15) is 17.2 Å². The molecule has 1 N–H and O–H groups in total. The van der Waals surface area contributed by atoms with Crippen molar-refractivity contribution < 1.29 is 14.6 Å². The Morgan fingerprint density at radius 2 is 1.96 bits per heavy atom. The van der Waals surface area contributed by atoms with E-state index in [9.17, 15) is 9.90 Å². The van der Waals surface area contributed by atoms with Crippen LogP contribution in [0.2, 0.25) is 0 Å². The second kappa shape index (κ2) is 6.45. The molecule has 1 aromatic heterocycles. The molecule has 0 fully saturated rings. The third kappa shape index (κ3) is 2.65. The van der Waals surface area contributed by atoms with E-state index >= 15 is 0 Å². The molecule has 7 nitrogen and oxygen atoms in total. The van der Waals surface area contributed by atoms with E-state index in [-0.39, 0.29) is 5.56 Å². The molecule has 1 aliphatic heterocycles. The standard InChI is InChI=1S/C16H18BrN3O4/c1-19-16(22)15(17)10(6-18-19)20-7-9-12(23-2)4-5-13(24-3)14(9)11(21)8-20/h4-6,11,21H,7-8H2,1-3H3. The molecule has 1 atom stereocenters. The molecule has 1 aliphatic rings. The van der Waals surface area contributed by atoms with Gasteiger partial charge in [-0.1, -0.05) is 0 Å². The summed E-state index contributed by atoms with van der Waals surface area (Å²) in [7, 11) is 4.75. The largest absolute Gasteiger partial charge is 0.496 e. The van der Waals surface area contributed by atoms with Gasteiger partial charge in [0.1, 0.15) is 22.1 Å². The van der Waals surface area contributed by atoms with Crippen LogP contribution in [0.25, 0.3) is 0 Å². The summed E-state index contributed by atoms with van der Waals surface area (Å²) in [6.07, 6.45) is 0.838. The zero-order valence-electron chi connectivity index (χ0n) is 13.6.